The monoisotopic (exact) mass is 530 g/mol. The largest absolute Gasteiger partial charge is 0.491 e. The number of nitrogens with zero attached hydrogens (tertiary/aromatic N) is 2. The Labute approximate surface area is 231 Å². The van der Waals surface area contributed by atoms with Gasteiger partial charge in [0.1, 0.15) is 24.7 Å². The van der Waals surface area contributed by atoms with E-state index in [2.05, 4.69) is 23.8 Å². The zero-order valence-electron chi connectivity index (χ0n) is 24.1. The van der Waals surface area contributed by atoms with Gasteiger partial charge in [0, 0.05) is 18.0 Å². The highest BCUT2D eigenvalue weighted by Crippen LogP contribution is 2.21. The van der Waals surface area contributed by atoms with E-state index in [0.29, 0.717) is 37.3 Å². The highest BCUT2D eigenvalue weighted by molar-refractivity contribution is 5.55. The molecule has 0 fully saturated rings. The van der Waals surface area contributed by atoms with Crippen LogP contribution in [0.2, 0.25) is 0 Å². The number of halogens is 2. The van der Waals surface area contributed by atoms with Crippen molar-refractivity contribution in [1.29, 1.82) is 0 Å². The summed E-state index contributed by atoms with van der Waals surface area (Å²) in [4.78, 5) is 9.09. The van der Waals surface area contributed by atoms with E-state index in [-0.39, 0.29) is 6.61 Å². The van der Waals surface area contributed by atoms with E-state index in [9.17, 15) is 8.78 Å². The van der Waals surface area contributed by atoms with Crippen LogP contribution in [0.5, 0.6) is 5.75 Å². The summed E-state index contributed by atoms with van der Waals surface area (Å²) in [5.74, 6) is 1.31. The van der Waals surface area contributed by atoms with Crippen LogP contribution in [-0.4, -0.2) is 28.9 Å². The molecule has 0 bridgehead atoms. The molecule has 1 aromatic heterocycles. The number of ether oxygens (including phenoxy) is 1. The molecule has 3 nitrogen and oxygen atoms in total. The fraction of sp³-hybridized carbons (Fsp3) is 0.697. The van der Waals surface area contributed by atoms with Crippen molar-refractivity contribution >= 4 is 0 Å². The Hall–Kier alpha value is -2.04. The van der Waals surface area contributed by atoms with Gasteiger partial charge in [0.2, 0.25) is 0 Å². The molecule has 0 aliphatic rings. The smallest absolute Gasteiger partial charge is 0.159 e. The summed E-state index contributed by atoms with van der Waals surface area (Å²) in [6.45, 7) is 4.37. The molecule has 0 amide bonds. The summed E-state index contributed by atoms with van der Waals surface area (Å²) in [5, 5.41) is 0. The van der Waals surface area contributed by atoms with Crippen molar-refractivity contribution in [3.8, 4) is 17.1 Å². The van der Waals surface area contributed by atoms with Crippen LogP contribution in [0.1, 0.15) is 129 Å². The fourth-order valence-corrected chi connectivity index (χ4v) is 4.74. The molecule has 1 aromatic carbocycles. The maximum absolute atomic E-state index is 14.2. The van der Waals surface area contributed by atoms with Crippen molar-refractivity contribution in [2.75, 3.05) is 6.61 Å². The Kier molecular flexibility index (Phi) is 17.7. The highest BCUT2D eigenvalue weighted by atomic mass is 19.1. The van der Waals surface area contributed by atoms with E-state index >= 15 is 0 Å². The van der Waals surface area contributed by atoms with Gasteiger partial charge < -0.3 is 4.74 Å². The lowest BCUT2D eigenvalue weighted by Gasteiger charge is -2.12. The Balaban J connectivity index is 1.59. The number of benzene rings is 1. The topological polar surface area (TPSA) is 35.0 Å². The van der Waals surface area contributed by atoms with E-state index in [1.165, 1.54) is 69.8 Å². The third-order valence-corrected chi connectivity index (χ3v) is 7.22. The molecule has 0 N–H and O–H groups in total. The molecule has 2 unspecified atom stereocenters. The number of aromatic nitrogens is 2. The van der Waals surface area contributed by atoms with Gasteiger partial charge in [-0.2, -0.15) is 0 Å². The van der Waals surface area contributed by atoms with Gasteiger partial charge in [0.25, 0.3) is 0 Å². The van der Waals surface area contributed by atoms with Crippen LogP contribution in [0.15, 0.2) is 36.7 Å². The van der Waals surface area contributed by atoms with E-state index in [1.54, 1.807) is 0 Å². The number of unbranched alkanes of at least 4 members (excludes halogenated alkanes) is 11. The Morgan fingerprint density at radius 1 is 0.632 bits per heavy atom. The van der Waals surface area contributed by atoms with Crippen molar-refractivity contribution in [2.45, 2.75) is 142 Å². The van der Waals surface area contributed by atoms with E-state index in [1.807, 2.05) is 36.7 Å². The maximum Gasteiger partial charge on any atom is 0.159 e. The SMILES string of the molecule is CCCCCCCCCCCCc1cnc(-c2ccc(OCC(F)CCCC(F)CCCCC)cc2)nc1. The zero-order valence-corrected chi connectivity index (χ0v) is 24.1. The van der Waals surface area contributed by atoms with Crippen LogP contribution in [0, 0.1) is 0 Å². The first-order valence-corrected chi connectivity index (χ1v) is 15.4. The molecule has 214 valence electrons. The van der Waals surface area contributed by atoms with Gasteiger partial charge in [-0.1, -0.05) is 90.9 Å². The molecule has 0 saturated heterocycles. The second-order valence-electron chi connectivity index (χ2n) is 10.8. The number of rotatable bonds is 23. The first-order valence-electron chi connectivity index (χ1n) is 15.4. The normalized spacial score (nSPS) is 12.9. The minimum Gasteiger partial charge on any atom is -0.491 e. The van der Waals surface area contributed by atoms with Crippen LogP contribution in [0.4, 0.5) is 8.78 Å². The minimum absolute atomic E-state index is 0.00368. The minimum atomic E-state index is -1.08. The lowest BCUT2D eigenvalue weighted by molar-refractivity contribution is 0.178. The molecule has 2 atom stereocenters. The van der Waals surface area contributed by atoms with Gasteiger partial charge in [-0.05, 0) is 68.4 Å². The van der Waals surface area contributed by atoms with Crippen molar-refractivity contribution in [1.82, 2.24) is 9.97 Å². The van der Waals surface area contributed by atoms with Crippen LogP contribution in [0.3, 0.4) is 0 Å². The first-order chi connectivity index (χ1) is 18.6. The van der Waals surface area contributed by atoms with Crippen LogP contribution >= 0.6 is 0 Å². The quantitative estimate of drug-likeness (QED) is 0.134. The fourth-order valence-electron chi connectivity index (χ4n) is 4.74. The molecule has 2 rings (SSSR count). The van der Waals surface area contributed by atoms with E-state index in [4.69, 9.17) is 4.74 Å². The molecule has 0 saturated carbocycles. The van der Waals surface area contributed by atoms with Crippen LogP contribution < -0.4 is 4.74 Å². The molecule has 0 spiro atoms. The van der Waals surface area contributed by atoms with Crippen LogP contribution in [-0.2, 0) is 6.42 Å². The average Bonchev–Trinajstić information content (AvgIpc) is 2.94. The number of hydrogen-bond acceptors (Lipinski definition) is 3. The number of hydrogen-bond donors (Lipinski definition) is 0. The van der Waals surface area contributed by atoms with E-state index < -0.39 is 12.3 Å². The molecule has 0 radical (unpaired) electrons. The lowest BCUT2D eigenvalue weighted by atomic mass is 10.0. The Morgan fingerprint density at radius 2 is 1.16 bits per heavy atom. The maximum atomic E-state index is 14.2. The van der Waals surface area contributed by atoms with Crippen molar-refractivity contribution < 1.29 is 13.5 Å². The predicted octanol–water partition coefficient (Wildman–Crippen LogP) is 10.4. The van der Waals surface area contributed by atoms with Gasteiger partial charge in [-0.15, -0.1) is 0 Å². The third kappa shape index (κ3) is 14.8. The predicted molar refractivity (Wildman–Crippen MR) is 156 cm³/mol. The molecule has 0 aliphatic carbocycles. The van der Waals surface area contributed by atoms with Crippen molar-refractivity contribution in [3.05, 3.63) is 42.2 Å². The van der Waals surface area contributed by atoms with Gasteiger partial charge in [-0.25, -0.2) is 18.7 Å². The lowest BCUT2D eigenvalue weighted by Crippen LogP contribution is -2.13. The summed E-state index contributed by atoms with van der Waals surface area (Å²) < 4.78 is 33.6. The van der Waals surface area contributed by atoms with Gasteiger partial charge >= 0.3 is 0 Å². The summed E-state index contributed by atoms with van der Waals surface area (Å²) >= 11 is 0. The Morgan fingerprint density at radius 3 is 1.79 bits per heavy atom. The standard InChI is InChI=1S/C33H52F2N2O/c1-3-5-7-8-9-10-11-12-13-15-17-28-25-36-33(37-26-28)29-21-23-32(24-22-29)38-27-31(35)20-16-19-30(34)18-14-6-4-2/h21-26,30-31H,3-20,27H2,1-2H3. The number of aryl methyl sites for hydroxylation is 1. The average molecular weight is 531 g/mol. The summed E-state index contributed by atoms with van der Waals surface area (Å²) in [7, 11) is 0. The second-order valence-corrected chi connectivity index (χ2v) is 10.8. The molecule has 38 heavy (non-hydrogen) atoms. The summed E-state index contributed by atoms with van der Waals surface area (Å²) in [5.41, 5.74) is 2.10. The molecular formula is C33H52F2N2O. The highest BCUT2D eigenvalue weighted by Gasteiger charge is 2.11. The van der Waals surface area contributed by atoms with Gasteiger partial charge in [-0.3, -0.25) is 0 Å². The molecule has 2 aromatic rings. The molecule has 5 heteroatoms. The van der Waals surface area contributed by atoms with E-state index in [0.717, 1.165) is 31.2 Å². The van der Waals surface area contributed by atoms with Crippen molar-refractivity contribution in [2.24, 2.45) is 0 Å². The zero-order chi connectivity index (χ0) is 27.3. The molecular weight excluding hydrogens is 478 g/mol. The third-order valence-electron chi connectivity index (χ3n) is 7.22. The molecule has 1 heterocycles. The number of alkyl halides is 2. The van der Waals surface area contributed by atoms with Crippen molar-refractivity contribution in [3.63, 3.8) is 0 Å². The molecule has 0 aliphatic heterocycles. The first kappa shape index (κ1) is 32.2. The van der Waals surface area contributed by atoms with Crippen LogP contribution in [0.25, 0.3) is 11.4 Å². The van der Waals surface area contributed by atoms with Gasteiger partial charge in [0.05, 0.1) is 0 Å². The second kappa shape index (κ2) is 20.9. The van der Waals surface area contributed by atoms with Gasteiger partial charge in [0.15, 0.2) is 5.82 Å². The summed E-state index contributed by atoms with van der Waals surface area (Å²) in [6, 6.07) is 7.47. The summed E-state index contributed by atoms with van der Waals surface area (Å²) in [6.07, 6.45) is 21.4. The Bertz CT molecular complexity index is 813.